The van der Waals surface area contributed by atoms with Crippen LogP contribution in [0.3, 0.4) is 0 Å². The van der Waals surface area contributed by atoms with E-state index >= 15 is 0 Å². The van der Waals surface area contributed by atoms with Gasteiger partial charge in [-0.3, -0.25) is 4.79 Å². The van der Waals surface area contributed by atoms with E-state index in [1.807, 2.05) is 18.2 Å². The van der Waals surface area contributed by atoms with Gasteiger partial charge < -0.3 is 9.64 Å². The third kappa shape index (κ3) is 3.38. The van der Waals surface area contributed by atoms with Crippen LogP contribution in [-0.4, -0.2) is 25.0 Å². The van der Waals surface area contributed by atoms with Gasteiger partial charge in [0.15, 0.2) is 0 Å². The second kappa shape index (κ2) is 6.57. The Labute approximate surface area is 142 Å². The molecule has 0 N–H and O–H groups in total. The molecule has 3 rings (SSSR count). The molecule has 1 aromatic heterocycles. The standard InChI is InChI=1S/C18H15F2NO2S/c1-21(10-11-5-13(19)9-14(20)6-11)18(22)17-8-12-7-15(23-2)3-4-16(12)24-17/h3-9H,10H2,1-2H3. The molecule has 1 amide bonds. The smallest absolute Gasteiger partial charge is 0.264 e. The lowest BCUT2D eigenvalue weighted by Crippen LogP contribution is -2.25. The Morgan fingerprint density at radius 3 is 2.50 bits per heavy atom. The average molecular weight is 347 g/mol. The second-order valence-electron chi connectivity index (χ2n) is 5.45. The van der Waals surface area contributed by atoms with Crippen molar-refractivity contribution in [2.75, 3.05) is 14.2 Å². The molecule has 3 nitrogen and oxygen atoms in total. The molecule has 0 bridgehead atoms. The minimum Gasteiger partial charge on any atom is -0.497 e. The molecule has 0 atom stereocenters. The van der Waals surface area contributed by atoms with Gasteiger partial charge in [0, 0.05) is 24.4 Å². The van der Waals surface area contributed by atoms with Crippen molar-refractivity contribution in [3.63, 3.8) is 0 Å². The molecular weight excluding hydrogens is 332 g/mol. The Balaban J connectivity index is 1.82. The Kier molecular flexibility index (Phi) is 4.49. The normalized spacial score (nSPS) is 10.8. The quantitative estimate of drug-likeness (QED) is 0.697. The van der Waals surface area contributed by atoms with E-state index in [2.05, 4.69) is 0 Å². The van der Waals surface area contributed by atoms with Crippen LogP contribution in [0.15, 0.2) is 42.5 Å². The van der Waals surface area contributed by atoms with Crippen LogP contribution in [0.4, 0.5) is 8.78 Å². The summed E-state index contributed by atoms with van der Waals surface area (Å²) < 4.78 is 32.7. The molecule has 3 aromatic rings. The number of rotatable bonds is 4. The monoisotopic (exact) mass is 347 g/mol. The van der Waals surface area contributed by atoms with Crippen molar-refractivity contribution in [2.45, 2.75) is 6.54 Å². The lowest BCUT2D eigenvalue weighted by atomic mass is 10.2. The third-order valence-corrected chi connectivity index (χ3v) is 4.73. The predicted octanol–water partition coefficient (Wildman–Crippen LogP) is 4.46. The molecule has 0 spiro atoms. The van der Waals surface area contributed by atoms with Crippen LogP contribution in [0.1, 0.15) is 15.2 Å². The maximum Gasteiger partial charge on any atom is 0.264 e. The van der Waals surface area contributed by atoms with E-state index in [1.54, 1.807) is 20.2 Å². The first-order valence-corrected chi connectivity index (χ1v) is 8.06. The maximum atomic E-state index is 13.3. The number of hydrogen-bond donors (Lipinski definition) is 0. The molecule has 24 heavy (non-hydrogen) atoms. The lowest BCUT2D eigenvalue weighted by molar-refractivity contribution is 0.0789. The van der Waals surface area contributed by atoms with E-state index in [0.717, 1.165) is 21.9 Å². The number of fused-ring (bicyclic) bond motifs is 1. The molecule has 2 aromatic carbocycles. The number of ether oxygens (including phenoxy) is 1. The van der Waals surface area contributed by atoms with Crippen molar-refractivity contribution in [2.24, 2.45) is 0 Å². The largest absolute Gasteiger partial charge is 0.497 e. The summed E-state index contributed by atoms with van der Waals surface area (Å²) in [6, 6.07) is 10.7. The summed E-state index contributed by atoms with van der Waals surface area (Å²) in [6.07, 6.45) is 0. The molecule has 0 unspecified atom stereocenters. The fourth-order valence-corrected chi connectivity index (χ4v) is 3.53. The van der Waals surface area contributed by atoms with Gasteiger partial charge in [0.1, 0.15) is 17.4 Å². The molecule has 6 heteroatoms. The third-order valence-electron chi connectivity index (χ3n) is 3.62. The minimum absolute atomic E-state index is 0.130. The van der Waals surface area contributed by atoms with E-state index in [9.17, 15) is 13.6 Å². The highest BCUT2D eigenvalue weighted by molar-refractivity contribution is 7.20. The van der Waals surface area contributed by atoms with Crippen LogP contribution < -0.4 is 4.74 Å². The van der Waals surface area contributed by atoms with Crippen molar-refractivity contribution in [3.8, 4) is 5.75 Å². The number of benzene rings is 2. The Morgan fingerprint density at radius 1 is 1.12 bits per heavy atom. The predicted molar refractivity (Wildman–Crippen MR) is 90.5 cm³/mol. The fraction of sp³-hybridized carbons (Fsp3) is 0.167. The SMILES string of the molecule is COc1ccc2sc(C(=O)N(C)Cc3cc(F)cc(F)c3)cc2c1. The number of nitrogens with zero attached hydrogens (tertiary/aromatic N) is 1. The van der Waals surface area contributed by atoms with Crippen LogP contribution in [-0.2, 0) is 6.54 Å². The van der Waals surface area contributed by atoms with E-state index in [0.29, 0.717) is 10.4 Å². The van der Waals surface area contributed by atoms with Crippen LogP contribution in [0.5, 0.6) is 5.75 Å². The number of amides is 1. The van der Waals surface area contributed by atoms with Crippen molar-refractivity contribution in [1.29, 1.82) is 0 Å². The van der Waals surface area contributed by atoms with Gasteiger partial charge in [-0.25, -0.2) is 8.78 Å². The first kappa shape index (κ1) is 16.4. The van der Waals surface area contributed by atoms with Crippen molar-refractivity contribution in [3.05, 3.63) is 64.5 Å². The van der Waals surface area contributed by atoms with E-state index in [1.165, 1.54) is 28.4 Å². The zero-order chi connectivity index (χ0) is 17.3. The number of methoxy groups -OCH3 is 1. The minimum atomic E-state index is -0.653. The molecule has 0 radical (unpaired) electrons. The summed E-state index contributed by atoms with van der Waals surface area (Å²) in [7, 11) is 3.20. The molecule has 0 fully saturated rings. The zero-order valence-electron chi connectivity index (χ0n) is 13.2. The summed E-state index contributed by atoms with van der Waals surface area (Å²) in [5.74, 6) is -0.776. The number of carbonyl (C=O) groups is 1. The van der Waals surface area contributed by atoms with Crippen LogP contribution in [0.2, 0.25) is 0 Å². The second-order valence-corrected chi connectivity index (χ2v) is 6.54. The highest BCUT2D eigenvalue weighted by atomic mass is 32.1. The summed E-state index contributed by atoms with van der Waals surface area (Å²) >= 11 is 1.37. The summed E-state index contributed by atoms with van der Waals surface area (Å²) in [6.45, 7) is 0.130. The van der Waals surface area contributed by atoms with E-state index in [-0.39, 0.29) is 12.5 Å². The molecule has 0 saturated carbocycles. The number of carbonyl (C=O) groups excluding carboxylic acids is 1. The molecular formula is C18H15F2NO2S. The number of hydrogen-bond acceptors (Lipinski definition) is 3. The van der Waals surface area contributed by atoms with Crippen LogP contribution >= 0.6 is 11.3 Å². The number of thiophene rings is 1. The Hall–Kier alpha value is -2.47. The summed E-state index contributed by atoms with van der Waals surface area (Å²) in [4.78, 5) is 14.6. The lowest BCUT2D eigenvalue weighted by Gasteiger charge is -2.16. The molecule has 0 saturated heterocycles. The van der Waals surface area contributed by atoms with Gasteiger partial charge in [0.25, 0.3) is 5.91 Å². The van der Waals surface area contributed by atoms with Crippen molar-refractivity contribution >= 4 is 27.3 Å². The highest BCUT2D eigenvalue weighted by Gasteiger charge is 2.16. The molecule has 0 aliphatic carbocycles. The topological polar surface area (TPSA) is 29.5 Å². The average Bonchev–Trinajstić information content (AvgIpc) is 2.95. The summed E-state index contributed by atoms with van der Waals surface area (Å²) in [5, 5.41) is 0.924. The van der Waals surface area contributed by atoms with Crippen LogP contribution in [0, 0.1) is 11.6 Å². The van der Waals surface area contributed by atoms with Crippen molar-refractivity contribution < 1.29 is 18.3 Å². The van der Waals surface area contributed by atoms with Gasteiger partial charge in [-0.15, -0.1) is 11.3 Å². The van der Waals surface area contributed by atoms with Crippen molar-refractivity contribution in [1.82, 2.24) is 4.90 Å². The van der Waals surface area contributed by atoms with Gasteiger partial charge in [-0.2, -0.15) is 0 Å². The van der Waals surface area contributed by atoms with E-state index in [4.69, 9.17) is 4.74 Å². The van der Waals surface area contributed by atoms with Gasteiger partial charge in [-0.1, -0.05) is 0 Å². The van der Waals surface area contributed by atoms with Gasteiger partial charge in [0.05, 0.1) is 12.0 Å². The van der Waals surface area contributed by atoms with E-state index < -0.39 is 11.6 Å². The molecule has 1 heterocycles. The first-order chi connectivity index (χ1) is 11.5. The van der Waals surface area contributed by atoms with Crippen LogP contribution in [0.25, 0.3) is 10.1 Å². The fourth-order valence-electron chi connectivity index (χ4n) is 2.49. The Bertz CT molecular complexity index is 887. The molecule has 124 valence electrons. The number of halogens is 2. The zero-order valence-corrected chi connectivity index (χ0v) is 14.0. The van der Waals surface area contributed by atoms with Gasteiger partial charge in [0.2, 0.25) is 0 Å². The van der Waals surface area contributed by atoms with Gasteiger partial charge >= 0.3 is 0 Å². The Morgan fingerprint density at radius 2 is 1.83 bits per heavy atom. The molecule has 0 aliphatic rings. The highest BCUT2D eigenvalue weighted by Crippen LogP contribution is 2.29. The molecule has 0 aliphatic heterocycles. The summed E-state index contributed by atoms with van der Waals surface area (Å²) in [5.41, 5.74) is 0.408. The van der Waals surface area contributed by atoms with Gasteiger partial charge in [-0.05, 0) is 47.3 Å². The first-order valence-electron chi connectivity index (χ1n) is 7.24. The maximum absolute atomic E-state index is 13.3.